The summed E-state index contributed by atoms with van der Waals surface area (Å²) in [6.07, 6.45) is 6.74. The summed E-state index contributed by atoms with van der Waals surface area (Å²) >= 11 is 0. The van der Waals surface area contributed by atoms with Crippen molar-refractivity contribution >= 4 is 0 Å². The highest BCUT2D eigenvalue weighted by atomic mass is 16.5. The van der Waals surface area contributed by atoms with E-state index in [9.17, 15) is 0 Å². The monoisotopic (exact) mass is 320 g/mol. The van der Waals surface area contributed by atoms with Crippen LogP contribution in [0.1, 0.15) is 12.0 Å². The minimum Gasteiger partial charge on any atom is -0.489 e. The number of ether oxygens (including phenoxy) is 1. The molecule has 3 heterocycles. The molecule has 4 rings (SSSR count). The first-order chi connectivity index (χ1) is 11.9. The zero-order valence-corrected chi connectivity index (χ0v) is 13.4. The van der Waals surface area contributed by atoms with Gasteiger partial charge in [-0.2, -0.15) is 5.10 Å². The van der Waals surface area contributed by atoms with E-state index in [0.29, 0.717) is 0 Å². The van der Waals surface area contributed by atoms with Gasteiger partial charge in [-0.1, -0.05) is 30.3 Å². The van der Waals surface area contributed by atoms with Gasteiger partial charge >= 0.3 is 0 Å². The van der Waals surface area contributed by atoms with Gasteiger partial charge < -0.3 is 4.74 Å². The third kappa shape index (κ3) is 3.31. The van der Waals surface area contributed by atoms with Crippen LogP contribution in [-0.4, -0.2) is 39.3 Å². The largest absolute Gasteiger partial charge is 0.489 e. The molecule has 1 atom stereocenters. The van der Waals surface area contributed by atoms with E-state index in [1.165, 1.54) is 11.1 Å². The molecule has 1 aromatic carbocycles. The molecule has 2 aromatic heterocycles. The Bertz CT molecular complexity index is 772. The Hall–Kier alpha value is -2.66. The molecule has 1 aliphatic rings. The topological polar surface area (TPSA) is 54.0 Å². The Morgan fingerprint density at radius 3 is 2.79 bits per heavy atom. The molecule has 1 fully saturated rings. The summed E-state index contributed by atoms with van der Waals surface area (Å²) in [7, 11) is 0. The average Bonchev–Trinajstić information content (AvgIpc) is 3.27. The Kier molecular flexibility index (Phi) is 4.25. The number of nitrogens with zero attached hydrogens (tertiary/aromatic N) is 3. The van der Waals surface area contributed by atoms with Crippen LogP contribution in [0.25, 0.3) is 11.3 Å². The van der Waals surface area contributed by atoms with Crippen LogP contribution in [0.2, 0.25) is 0 Å². The van der Waals surface area contributed by atoms with Crippen molar-refractivity contribution in [2.24, 2.45) is 0 Å². The molecule has 122 valence electrons. The van der Waals surface area contributed by atoms with E-state index in [0.717, 1.165) is 37.5 Å². The molecule has 1 unspecified atom stereocenters. The third-order valence-corrected chi connectivity index (χ3v) is 4.36. The Morgan fingerprint density at radius 2 is 1.96 bits per heavy atom. The van der Waals surface area contributed by atoms with Crippen molar-refractivity contribution in [2.75, 3.05) is 13.1 Å². The minimum atomic E-state index is 0.236. The molecule has 0 spiro atoms. The molecule has 0 aliphatic carbocycles. The molecule has 5 nitrogen and oxygen atoms in total. The van der Waals surface area contributed by atoms with E-state index in [1.807, 2.05) is 36.5 Å². The molecule has 0 amide bonds. The predicted molar refractivity (Wildman–Crippen MR) is 92.6 cm³/mol. The number of nitrogens with one attached hydrogen (secondary N) is 1. The Labute approximate surface area is 141 Å². The van der Waals surface area contributed by atoms with Gasteiger partial charge in [0.05, 0.1) is 11.9 Å². The lowest BCUT2D eigenvalue weighted by atomic mass is 10.1. The molecule has 5 heteroatoms. The second-order valence-electron chi connectivity index (χ2n) is 6.08. The maximum atomic E-state index is 6.03. The fraction of sp³-hybridized carbons (Fsp3) is 0.263. The van der Waals surface area contributed by atoms with Crippen LogP contribution in [0.15, 0.2) is 61.1 Å². The second-order valence-corrected chi connectivity index (χ2v) is 6.08. The molecule has 3 aromatic rings. The van der Waals surface area contributed by atoms with Crippen molar-refractivity contribution in [2.45, 2.75) is 19.1 Å². The van der Waals surface area contributed by atoms with Crippen LogP contribution in [0, 0.1) is 0 Å². The summed E-state index contributed by atoms with van der Waals surface area (Å²) in [6.45, 7) is 2.85. The summed E-state index contributed by atoms with van der Waals surface area (Å²) in [5, 5.41) is 7.37. The van der Waals surface area contributed by atoms with Crippen molar-refractivity contribution < 1.29 is 4.74 Å². The zero-order chi connectivity index (χ0) is 16.2. The number of pyridine rings is 1. The molecule has 1 saturated heterocycles. The van der Waals surface area contributed by atoms with Crippen LogP contribution in [-0.2, 0) is 6.54 Å². The molecular formula is C19H20N4O. The average molecular weight is 320 g/mol. The SMILES string of the molecule is c1ccc(-c2[nH]ncc2CN2CCC(Oc3ccncc3)C2)cc1. The highest BCUT2D eigenvalue weighted by molar-refractivity contribution is 5.62. The van der Waals surface area contributed by atoms with Crippen LogP contribution >= 0.6 is 0 Å². The van der Waals surface area contributed by atoms with Gasteiger partial charge in [-0.15, -0.1) is 0 Å². The summed E-state index contributed by atoms with van der Waals surface area (Å²) in [5.74, 6) is 0.894. The van der Waals surface area contributed by atoms with E-state index < -0.39 is 0 Å². The van der Waals surface area contributed by atoms with Gasteiger partial charge in [-0.05, 0) is 24.1 Å². The number of benzene rings is 1. The van der Waals surface area contributed by atoms with Crippen molar-refractivity contribution in [1.82, 2.24) is 20.1 Å². The lowest BCUT2D eigenvalue weighted by Gasteiger charge is -2.17. The molecule has 0 bridgehead atoms. The maximum absolute atomic E-state index is 6.03. The van der Waals surface area contributed by atoms with E-state index >= 15 is 0 Å². The van der Waals surface area contributed by atoms with E-state index in [4.69, 9.17) is 4.74 Å². The minimum absolute atomic E-state index is 0.236. The fourth-order valence-corrected chi connectivity index (χ4v) is 3.17. The zero-order valence-electron chi connectivity index (χ0n) is 13.4. The standard InChI is InChI=1S/C19H20N4O/c1-2-4-15(5-3-1)19-16(12-21-22-19)13-23-11-8-18(14-23)24-17-6-9-20-10-7-17/h1-7,9-10,12,18H,8,11,13-14H2,(H,21,22). The number of rotatable bonds is 5. The maximum Gasteiger partial charge on any atom is 0.122 e. The van der Waals surface area contributed by atoms with Gasteiger partial charge in [0.15, 0.2) is 0 Å². The van der Waals surface area contributed by atoms with Crippen LogP contribution in [0.3, 0.4) is 0 Å². The summed E-state index contributed by atoms with van der Waals surface area (Å²) in [5.41, 5.74) is 3.51. The Morgan fingerprint density at radius 1 is 1.12 bits per heavy atom. The molecule has 1 aliphatic heterocycles. The van der Waals surface area contributed by atoms with Crippen molar-refractivity contribution in [3.05, 3.63) is 66.6 Å². The van der Waals surface area contributed by atoms with Gasteiger partial charge in [0.2, 0.25) is 0 Å². The van der Waals surface area contributed by atoms with Gasteiger partial charge in [0.1, 0.15) is 11.9 Å². The van der Waals surface area contributed by atoms with Crippen molar-refractivity contribution in [3.8, 4) is 17.0 Å². The van der Waals surface area contributed by atoms with Crippen LogP contribution in [0.4, 0.5) is 0 Å². The first-order valence-corrected chi connectivity index (χ1v) is 8.25. The highest BCUT2D eigenvalue weighted by Gasteiger charge is 2.25. The second kappa shape index (κ2) is 6.84. The number of hydrogen-bond acceptors (Lipinski definition) is 4. The molecular weight excluding hydrogens is 300 g/mol. The van der Waals surface area contributed by atoms with Gasteiger partial charge in [-0.25, -0.2) is 0 Å². The van der Waals surface area contributed by atoms with E-state index in [1.54, 1.807) is 12.4 Å². The van der Waals surface area contributed by atoms with Gasteiger partial charge in [0, 0.05) is 37.6 Å². The first kappa shape index (κ1) is 14.9. The smallest absolute Gasteiger partial charge is 0.122 e. The van der Waals surface area contributed by atoms with Gasteiger partial charge in [0.25, 0.3) is 0 Å². The molecule has 0 radical (unpaired) electrons. The lowest BCUT2D eigenvalue weighted by molar-refractivity contribution is 0.198. The summed E-state index contributed by atoms with van der Waals surface area (Å²) in [4.78, 5) is 6.44. The highest BCUT2D eigenvalue weighted by Crippen LogP contribution is 2.24. The van der Waals surface area contributed by atoms with E-state index in [2.05, 4.69) is 32.2 Å². The quantitative estimate of drug-likeness (QED) is 0.785. The molecule has 1 N–H and O–H groups in total. The molecule has 24 heavy (non-hydrogen) atoms. The molecule has 0 saturated carbocycles. The predicted octanol–water partition coefficient (Wildman–Crippen LogP) is 3.13. The number of hydrogen-bond donors (Lipinski definition) is 1. The number of aromatic nitrogens is 3. The number of aromatic amines is 1. The van der Waals surface area contributed by atoms with Crippen LogP contribution in [0.5, 0.6) is 5.75 Å². The lowest BCUT2D eigenvalue weighted by Crippen LogP contribution is -2.24. The van der Waals surface area contributed by atoms with Crippen molar-refractivity contribution in [1.29, 1.82) is 0 Å². The fourth-order valence-electron chi connectivity index (χ4n) is 3.17. The summed E-state index contributed by atoms with van der Waals surface area (Å²) < 4.78 is 6.03. The number of H-pyrrole nitrogens is 1. The number of likely N-dealkylation sites (tertiary alicyclic amines) is 1. The van der Waals surface area contributed by atoms with Crippen LogP contribution < -0.4 is 4.74 Å². The third-order valence-electron chi connectivity index (χ3n) is 4.36. The van der Waals surface area contributed by atoms with Crippen molar-refractivity contribution in [3.63, 3.8) is 0 Å². The normalized spacial score (nSPS) is 17.9. The first-order valence-electron chi connectivity index (χ1n) is 8.25. The van der Waals surface area contributed by atoms with E-state index in [-0.39, 0.29) is 6.10 Å². The van der Waals surface area contributed by atoms with Gasteiger partial charge in [-0.3, -0.25) is 15.0 Å². The Balaban J connectivity index is 1.40. The summed E-state index contributed by atoms with van der Waals surface area (Å²) in [6, 6.07) is 14.2.